The largest absolute Gasteiger partial charge is 0.385 e. The lowest BCUT2D eigenvalue weighted by molar-refractivity contribution is 0.148. The summed E-state index contributed by atoms with van der Waals surface area (Å²) < 4.78 is 23.6. The number of benzene rings is 1. The van der Waals surface area contributed by atoms with Gasteiger partial charge >= 0.3 is 0 Å². The van der Waals surface area contributed by atoms with Gasteiger partial charge in [-0.3, -0.25) is 0 Å². The highest BCUT2D eigenvalue weighted by Crippen LogP contribution is 2.34. The van der Waals surface area contributed by atoms with E-state index in [0.717, 1.165) is 37.9 Å². The van der Waals surface area contributed by atoms with Crippen molar-refractivity contribution in [1.82, 2.24) is 15.5 Å². The molecule has 1 unspecified atom stereocenters. The van der Waals surface area contributed by atoms with E-state index in [1.54, 1.807) is 19.2 Å². The van der Waals surface area contributed by atoms with E-state index < -0.39 is 0 Å². The zero-order valence-corrected chi connectivity index (χ0v) is 12.6. The second-order valence-electron chi connectivity index (χ2n) is 5.73. The monoisotopic (exact) mass is 305 g/mol. The quantitative estimate of drug-likeness (QED) is 0.920. The van der Waals surface area contributed by atoms with E-state index >= 15 is 0 Å². The Morgan fingerprint density at radius 3 is 2.86 bits per heavy atom. The van der Waals surface area contributed by atoms with Crippen molar-refractivity contribution in [2.45, 2.75) is 24.7 Å². The van der Waals surface area contributed by atoms with Crippen LogP contribution in [0.5, 0.6) is 0 Å². The molecule has 1 fully saturated rings. The molecule has 0 aliphatic carbocycles. The molecule has 1 saturated heterocycles. The molecule has 1 N–H and O–H groups in total. The molecule has 1 aliphatic rings. The first kappa shape index (κ1) is 15.1. The van der Waals surface area contributed by atoms with Crippen LogP contribution >= 0.6 is 0 Å². The van der Waals surface area contributed by atoms with Crippen LogP contribution in [0.1, 0.15) is 25.1 Å². The molecular weight excluding hydrogens is 285 g/mol. The van der Waals surface area contributed by atoms with E-state index in [9.17, 15) is 4.39 Å². The van der Waals surface area contributed by atoms with Gasteiger partial charge in [0.2, 0.25) is 0 Å². The number of nitrogens with zero attached hydrogens (tertiary/aromatic N) is 2. The third-order valence-electron chi connectivity index (χ3n) is 4.25. The van der Waals surface area contributed by atoms with Gasteiger partial charge in [-0.25, -0.2) is 4.39 Å². The highest BCUT2D eigenvalue weighted by molar-refractivity contribution is 5.52. The average Bonchev–Trinajstić information content (AvgIpc) is 3.05. The maximum atomic E-state index is 13.0. The van der Waals surface area contributed by atoms with E-state index in [1.165, 1.54) is 12.1 Å². The molecule has 0 saturated carbocycles. The minimum absolute atomic E-state index is 0.157. The Morgan fingerprint density at radius 1 is 1.36 bits per heavy atom. The van der Waals surface area contributed by atoms with Crippen LogP contribution in [0.2, 0.25) is 0 Å². The van der Waals surface area contributed by atoms with Gasteiger partial charge in [-0.1, -0.05) is 5.16 Å². The van der Waals surface area contributed by atoms with Crippen LogP contribution in [0.3, 0.4) is 0 Å². The Labute approximate surface area is 128 Å². The highest BCUT2D eigenvalue weighted by atomic mass is 19.1. The Hall–Kier alpha value is -1.79. The number of piperidine rings is 1. The Morgan fingerprint density at radius 2 is 2.18 bits per heavy atom. The molecule has 0 spiro atoms. The molecule has 5 nitrogen and oxygen atoms in total. The molecule has 0 bridgehead atoms. The van der Waals surface area contributed by atoms with Crippen LogP contribution in [0, 0.1) is 5.82 Å². The average molecular weight is 305 g/mol. The molecule has 2 heterocycles. The van der Waals surface area contributed by atoms with Crippen LogP contribution < -0.4 is 5.32 Å². The first-order valence-electron chi connectivity index (χ1n) is 7.53. The van der Waals surface area contributed by atoms with Gasteiger partial charge in [0.05, 0.1) is 0 Å². The van der Waals surface area contributed by atoms with Gasteiger partial charge in [0, 0.05) is 31.2 Å². The first-order valence-corrected chi connectivity index (χ1v) is 7.53. The number of hydrogen-bond donors (Lipinski definition) is 1. The summed E-state index contributed by atoms with van der Waals surface area (Å²) in [4.78, 5) is 4.56. The smallest absolute Gasteiger partial charge is 0.257 e. The minimum atomic E-state index is -0.281. The van der Waals surface area contributed by atoms with E-state index in [1.807, 2.05) is 0 Å². The maximum absolute atomic E-state index is 13.0. The zero-order chi connectivity index (χ0) is 15.4. The topological polar surface area (TPSA) is 60.2 Å². The number of nitrogens with one attached hydrogen (secondary N) is 1. The van der Waals surface area contributed by atoms with Crippen molar-refractivity contribution in [1.29, 1.82) is 0 Å². The lowest BCUT2D eigenvalue weighted by atomic mass is 9.77. The number of aromatic nitrogens is 2. The van der Waals surface area contributed by atoms with Gasteiger partial charge < -0.3 is 14.6 Å². The van der Waals surface area contributed by atoms with Crippen molar-refractivity contribution in [3.63, 3.8) is 0 Å². The zero-order valence-electron chi connectivity index (χ0n) is 12.6. The molecule has 0 radical (unpaired) electrons. The van der Waals surface area contributed by atoms with Crippen molar-refractivity contribution in [2.75, 3.05) is 26.8 Å². The van der Waals surface area contributed by atoms with E-state index in [-0.39, 0.29) is 11.2 Å². The number of rotatable bonds is 5. The molecule has 6 heteroatoms. The summed E-state index contributed by atoms with van der Waals surface area (Å²) in [6.07, 6.45) is 2.93. The van der Waals surface area contributed by atoms with Gasteiger partial charge in [0.15, 0.2) is 5.82 Å². The maximum Gasteiger partial charge on any atom is 0.257 e. The predicted octanol–water partition coefficient (Wildman–Crippen LogP) is 2.53. The second-order valence-corrected chi connectivity index (χ2v) is 5.73. The van der Waals surface area contributed by atoms with Gasteiger partial charge in [0.1, 0.15) is 5.82 Å². The number of hydrogen-bond acceptors (Lipinski definition) is 5. The molecule has 0 amide bonds. The lowest BCUT2D eigenvalue weighted by Crippen LogP contribution is -2.44. The minimum Gasteiger partial charge on any atom is -0.385 e. The SMILES string of the molecule is COCCC1(c2noc(-c3ccc(F)cc3)n2)CCCNC1. The summed E-state index contributed by atoms with van der Waals surface area (Å²) in [5.41, 5.74) is 0.571. The van der Waals surface area contributed by atoms with Crippen LogP contribution in [0.15, 0.2) is 28.8 Å². The Bertz CT molecular complexity index is 606. The summed E-state index contributed by atoms with van der Waals surface area (Å²) in [7, 11) is 1.70. The van der Waals surface area contributed by atoms with Gasteiger partial charge in [-0.05, 0) is 50.1 Å². The molecule has 2 aromatic rings. The lowest BCUT2D eigenvalue weighted by Gasteiger charge is -2.34. The fourth-order valence-corrected chi connectivity index (χ4v) is 2.93. The summed E-state index contributed by atoms with van der Waals surface area (Å²) in [6.45, 7) is 2.48. The summed E-state index contributed by atoms with van der Waals surface area (Å²) in [5, 5.41) is 7.60. The van der Waals surface area contributed by atoms with Crippen LogP contribution in [0.4, 0.5) is 4.39 Å². The molecule has 118 valence electrons. The van der Waals surface area contributed by atoms with E-state index in [4.69, 9.17) is 9.26 Å². The van der Waals surface area contributed by atoms with Crippen molar-refractivity contribution in [2.24, 2.45) is 0 Å². The highest BCUT2D eigenvalue weighted by Gasteiger charge is 2.38. The van der Waals surface area contributed by atoms with Gasteiger partial charge in [-0.2, -0.15) is 4.98 Å². The summed E-state index contributed by atoms with van der Waals surface area (Å²) in [5.74, 6) is 0.852. The van der Waals surface area contributed by atoms with E-state index in [0.29, 0.717) is 18.3 Å². The van der Waals surface area contributed by atoms with Crippen molar-refractivity contribution < 1.29 is 13.7 Å². The third kappa shape index (κ3) is 3.03. The molecule has 3 rings (SSSR count). The van der Waals surface area contributed by atoms with Crippen molar-refractivity contribution >= 4 is 0 Å². The second kappa shape index (κ2) is 6.54. The van der Waals surface area contributed by atoms with Crippen LogP contribution in [-0.2, 0) is 10.2 Å². The van der Waals surface area contributed by atoms with Crippen molar-refractivity contribution in [3.05, 3.63) is 35.9 Å². The van der Waals surface area contributed by atoms with Gasteiger partial charge in [0.25, 0.3) is 5.89 Å². The molecule has 1 aromatic heterocycles. The van der Waals surface area contributed by atoms with E-state index in [2.05, 4.69) is 15.5 Å². The van der Waals surface area contributed by atoms with Crippen LogP contribution in [0.25, 0.3) is 11.5 Å². The number of ether oxygens (including phenoxy) is 1. The normalized spacial score (nSPS) is 21.9. The van der Waals surface area contributed by atoms with Gasteiger partial charge in [-0.15, -0.1) is 0 Å². The fourth-order valence-electron chi connectivity index (χ4n) is 2.93. The number of halogens is 1. The molecule has 22 heavy (non-hydrogen) atoms. The Kier molecular flexibility index (Phi) is 4.49. The summed E-state index contributed by atoms with van der Waals surface area (Å²) >= 11 is 0. The predicted molar refractivity (Wildman–Crippen MR) is 80.0 cm³/mol. The fraction of sp³-hybridized carbons (Fsp3) is 0.500. The molecule has 1 atom stereocenters. The number of methoxy groups -OCH3 is 1. The van der Waals surface area contributed by atoms with Crippen LogP contribution in [-0.4, -0.2) is 36.9 Å². The first-order chi connectivity index (χ1) is 10.7. The summed E-state index contributed by atoms with van der Waals surface area (Å²) in [6, 6.07) is 6.07. The molecule has 1 aromatic carbocycles. The van der Waals surface area contributed by atoms with Crippen molar-refractivity contribution in [3.8, 4) is 11.5 Å². The molecule has 1 aliphatic heterocycles. The Balaban J connectivity index is 1.87. The molecular formula is C16H20FN3O2. The third-order valence-corrected chi connectivity index (χ3v) is 4.25. The standard InChI is InChI=1S/C16H20FN3O2/c1-21-10-8-16(7-2-9-18-11-16)15-19-14(22-20-15)12-3-5-13(17)6-4-12/h3-6,18H,2,7-11H2,1H3.